The fourth-order valence-electron chi connectivity index (χ4n) is 1.80. The van der Waals surface area contributed by atoms with Crippen LogP contribution in [0.5, 0.6) is 5.75 Å². The van der Waals surface area contributed by atoms with Gasteiger partial charge in [-0.2, -0.15) is 0 Å². The first-order valence-electron chi connectivity index (χ1n) is 7.26. The summed E-state index contributed by atoms with van der Waals surface area (Å²) in [5.41, 5.74) is 7.11. The third kappa shape index (κ3) is 4.82. The largest absolute Gasteiger partial charge is 0.457 e. The zero-order valence-electron chi connectivity index (χ0n) is 13.6. The van der Waals surface area contributed by atoms with Crippen LogP contribution in [0.4, 0.5) is 5.13 Å². The first-order chi connectivity index (χ1) is 11.5. The number of nitrogens with zero attached hydrogens (tertiary/aromatic N) is 1. The van der Waals surface area contributed by atoms with E-state index in [1.54, 1.807) is 6.08 Å². The Morgan fingerprint density at radius 2 is 2.04 bits per heavy atom. The maximum Gasteiger partial charge on any atom is 0.267 e. The summed E-state index contributed by atoms with van der Waals surface area (Å²) in [5, 5.41) is 3.19. The van der Waals surface area contributed by atoms with Gasteiger partial charge in [-0.25, -0.2) is 4.98 Å². The van der Waals surface area contributed by atoms with Gasteiger partial charge in [0.2, 0.25) is 0 Å². The molecule has 0 saturated carbocycles. The van der Waals surface area contributed by atoms with Crippen molar-refractivity contribution < 1.29 is 9.53 Å². The molecule has 1 amide bonds. The van der Waals surface area contributed by atoms with E-state index in [9.17, 15) is 4.79 Å². The van der Waals surface area contributed by atoms with Crippen LogP contribution in [0.2, 0.25) is 0 Å². The topological polar surface area (TPSA) is 77.2 Å². The molecule has 3 N–H and O–H groups in total. The molecule has 1 aromatic heterocycles. The summed E-state index contributed by atoms with van der Waals surface area (Å²) >= 11 is 1.15. The zero-order chi connectivity index (χ0) is 17.5. The molecule has 0 aliphatic heterocycles. The number of hydrogen-bond donors (Lipinski definition) is 2. The number of aromatic nitrogens is 1. The average Bonchev–Trinajstić information content (AvgIpc) is 3.01. The number of anilines is 1. The SMILES string of the molecule is C=C/C(=C\C(C)=C(/C)NC(=O)c1cnc(N)s1)Oc1ccccc1. The van der Waals surface area contributed by atoms with E-state index in [1.165, 1.54) is 6.20 Å². The van der Waals surface area contributed by atoms with E-state index in [2.05, 4.69) is 16.9 Å². The van der Waals surface area contributed by atoms with Crippen LogP contribution < -0.4 is 15.8 Å². The van der Waals surface area contributed by atoms with Crippen LogP contribution in [0.15, 0.2) is 72.3 Å². The molecule has 1 aromatic carbocycles. The Labute approximate surface area is 145 Å². The second-order valence-corrected chi connectivity index (χ2v) is 6.05. The number of amides is 1. The predicted octanol–water partition coefficient (Wildman–Crippen LogP) is 3.90. The van der Waals surface area contributed by atoms with Gasteiger partial charge in [0.15, 0.2) is 5.13 Å². The number of ether oxygens (including phenoxy) is 1. The van der Waals surface area contributed by atoms with E-state index in [0.717, 1.165) is 22.7 Å². The smallest absolute Gasteiger partial charge is 0.267 e. The van der Waals surface area contributed by atoms with Gasteiger partial charge in [-0.05, 0) is 43.7 Å². The summed E-state index contributed by atoms with van der Waals surface area (Å²) in [5.74, 6) is 1.08. The van der Waals surface area contributed by atoms with Gasteiger partial charge in [-0.15, -0.1) is 0 Å². The van der Waals surface area contributed by atoms with Crippen molar-refractivity contribution in [3.05, 3.63) is 77.2 Å². The van der Waals surface area contributed by atoms with Crippen molar-refractivity contribution in [1.82, 2.24) is 10.3 Å². The van der Waals surface area contributed by atoms with Crippen LogP contribution in [0.3, 0.4) is 0 Å². The number of carbonyl (C=O) groups excluding carboxylic acids is 1. The van der Waals surface area contributed by atoms with E-state index in [4.69, 9.17) is 10.5 Å². The molecule has 24 heavy (non-hydrogen) atoms. The third-order valence-electron chi connectivity index (χ3n) is 3.18. The number of nitrogens with two attached hydrogens (primary N) is 1. The monoisotopic (exact) mass is 341 g/mol. The van der Waals surface area contributed by atoms with Crippen molar-refractivity contribution in [2.45, 2.75) is 13.8 Å². The first-order valence-corrected chi connectivity index (χ1v) is 8.08. The quantitative estimate of drug-likeness (QED) is 0.617. The van der Waals surface area contributed by atoms with E-state index in [1.807, 2.05) is 50.3 Å². The van der Waals surface area contributed by atoms with E-state index < -0.39 is 0 Å². The van der Waals surface area contributed by atoms with Gasteiger partial charge in [0.05, 0.1) is 6.20 Å². The molecule has 1 heterocycles. The second kappa shape index (κ2) is 8.12. The van der Waals surface area contributed by atoms with Crippen LogP contribution >= 0.6 is 11.3 Å². The molecule has 5 nitrogen and oxygen atoms in total. The number of nitrogen functional groups attached to an aromatic ring is 1. The highest BCUT2D eigenvalue weighted by atomic mass is 32.1. The molecule has 0 spiro atoms. The summed E-state index contributed by atoms with van der Waals surface area (Å²) in [7, 11) is 0. The summed E-state index contributed by atoms with van der Waals surface area (Å²) < 4.78 is 5.75. The number of rotatable bonds is 6. The molecular weight excluding hydrogens is 322 g/mol. The van der Waals surface area contributed by atoms with Crippen molar-refractivity contribution in [3.63, 3.8) is 0 Å². The van der Waals surface area contributed by atoms with Crippen molar-refractivity contribution in [2.24, 2.45) is 0 Å². The Balaban J connectivity index is 2.11. The molecule has 0 atom stereocenters. The van der Waals surface area contributed by atoms with Gasteiger partial charge in [0.1, 0.15) is 16.4 Å². The molecule has 0 fully saturated rings. The summed E-state index contributed by atoms with van der Waals surface area (Å²) in [6.45, 7) is 7.46. The highest BCUT2D eigenvalue weighted by Gasteiger charge is 2.10. The van der Waals surface area contributed by atoms with Crippen LogP contribution in [-0.4, -0.2) is 10.9 Å². The summed E-state index contributed by atoms with van der Waals surface area (Å²) in [6.07, 6.45) is 4.90. The van der Waals surface area contributed by atoms with Gasteiger partial charge < -0.3 is 15.8 Å². The van der Waals surface area contributed by atoms with Gasteiger partial charge in [0.25, 0.3) is 5.91 Å². The van der Waals surface area contributed by atoms with E-state index in [0.29, 0.717) is 21.5 Å². The van der Waals surface area contributed by atoms with E-state index >= 15 is 0 Å². The first kappa shape index (κ1) is 17.5. The lowest BCUT2D eigenvalue weighted by atomic mass is 10.2. The molecule has 0 aliphatic rings. The minimum Gasteiger partial charge on any atom is -0.457 e. The number of nitrogens with one attached hydrogen (secondary N) is 1. The summed E-state index contributed by atoms with van der Waals surface area (Å²) in [6, 6.07) is 9.43. The lowest BCUT2D eigenvalue weighted by Gasteiger charge is -2.09. The van der Waals surface area contributed by atoms with E-state index in [-0.39, 0.29) is 5.91 Å². The molecular formula is C18H19N3O2S. The van der Waals surface area contributed by atoms with Gasteiger partial charge >= 0.3 is 0 Å². The normalized spacial score (nSPS) is 12.3. The Morgan fingerprint density at radius 3 is 2.62 bits per heavy atom. The van der Waals surface area contributed by atoms with Gasteiger partial charge in [-0.3, -0.25) is 4.79 Å². The Kier molecular flexibility index (Phi) is 5.92. The molecule has 0 unspecified atom stereocenters. The zero-order valence-corrected chi connectivity index (χ0v) is 14.4. The number of benzene rings is 1. The number of para-hydroxylation sites is 1. The molecule has 0 bridgehead atoms. The number of allylic oxidation sites excluding steroid dienone is 4. The maximum absolute atomic E-state index is 12.1. The summed E-state index contributed by atoms with van der Waals surface area (Å²) in [4.78, 5) is 16.5. The standard InChI is InChI=1S/C18H19N3O2S/c1-4-14(23-15-8-6-5-7-9-15)10-12(2)13(3)21-17(22)16-11-20-18(19)24-16/h4-11H,1H2,2-3H3,(H2,19,20)(H,21,22)/b13-12+,14-10+. The number of carbonyl (C=O) groups is 1. The lowest BCUT2D eigenvalue weighted by Crippen LogP contribution is -2.21. The molecule has 2 rings (SSSR count). The lowest BCUT2D eigenvalue weighted by molar-refractivity contribution is 0.0969. The molecule has 0 radical (unpaired) electrons. The van der Waals surface area contributed by atoms with Crippen LogP contribution in [0, 0.1) is 0 Å². The predicted molar refractivity (Wildman–Crippen MR) is 97.7 cm³/mol. The van der Waals surface area contributed by atoms with Crippen molar-refractivity contribution in [1.29, 1.82) is 0 Å². The molecule has 2 aromatic rings. The fraction of sp³-hybridized carbons (Fsp3) is 0.111. The number of hydrogen-bond acceptors (Lipinski definition) is 5. The Morgan fingerprint density at radius 1 is 1.33 bits per heavy atom. The van der Waals surface area contributed by atoms with Crippen LogP contribution in [0.1, 0.15) is 23.5 Å². The Bertz CT molecular complexity index is 792. The fourth-order valence-corrected chi connectivity index (χ4v) is 2.38. The molecule has 0 saturated heterocycles. The van der Waals surface area contributed by atoms with Gasteiger partial charge in [0, 0.05) is 5.70 Å². The Hall–Kier alpha value is -2.86. The van der Waals surface area contributed by atoms with Crippen molar-refractivity contribution in [2.75, 3.05) is 5.73 Å². The maximum atomic E-state index is 12.1. The second-order valence-electron chi connectivity index (χ2n) is 4.99. The minimum absolute atomic E-state index is 0.237. The van der Waals surface area contributed by atoms with Crippen LogP contribution in [0.25, 0.3) is 0 Å². The highest BCUT2D eigenvalue weighted by molar-refractivity contribution is 7.17. The highest BCUT2D eigenvalue weighted by Crippen LogP contribution is 2.17. The number of thiazole rings is 1. The molecule has 124 valence electrons. The minimum atomic E-state index is -0.237. The molecule has 0 aliphatic carbocycles. The average molecular weight is 341 g/mol. The molecule has 6 heteroatoms. The third-order valence-corrected chi connectivity index (χ3v) is 4.00. The van der Waals surface area contributed by atoms with Crippen molar-refractivity contribution in [3.8, 4) is 5.75 Å². The van der Waals surface area contributed by atoms with Gasteiger partial charge in [-0.1, -0.05) is 36.1 Å². The van der Waals surface area contributed by atoms with Crippen LogP contribution in [-0.2, 0) is 0 Å². The van der Waals surface area contributed by atoms with Crippen molar-refractivity contribution >= 4 is 22.4 Å².